The minimum atomic E-state index is -0.843. The van der Waals surface area contributed by atoms with Gasteiger partial charge >= 0.3 is 5.97 Å². The van der Waals surface area contributed by atoms with E-state index in [0.29, 0.717) is 23.1 Å². The molecule has 0 aliphatic heterocycles. The average molecular weight is 547 g/mol. The number of rotatable bonds is 8. The van der Waals surface area contributed by atoms with Crippen LogP contribution in [0.3, 0.4) is 0 Å². The molecule has 0 spiro atoms. The molecule has 0 aliphatic rings. The summed E-state index contributed by atoms with van der Waals surface area (Å²) in [6.45, 7) is 1.70. The number of carbonyl (C=O) groups excluding carboxylic acids is 3. The van der Waals surface area contributed by atoms with Crippen molar-refractivity contribution in [1.29, 1.82) is 5.26 Å². The van der Waals surface area contributed by atoms with Gasteiger partial charge in [-0.05, 0) is 83.8 Å². The standard InChI is InChI=1S/C22H18IN3O4S/c1-2-30-22(29)18(14-24)21(26-16-6-4-3-5-7-16)31-20(28)13-12-19(27)25-17-10-8-15(23)9-11-17/h3-13,26H,2H2,1H3,(H,25,27)/b13-12+,21-18-. The number of esters is 1. The predicted molar refractivity (Wildman–Crippen MR) is 129 cm³/mol. The van der Waals surface area contributed by atoms with E-state index in [2.05, 4.69) is 33.2 Å². The van der Waals surface area contributed by atoms with E-state index in [1.54, 1.807) is 55.5 Å². The van der Waals surface area contributed by atoms with Gasteiger partial charge in [0.2, 0.25) is 11.0 Å². The zero-order chi connectivity index (χ0) is 22.6. The second-order valence-corrected chi connectivity index (χ2v) is 8.04. The second kappa shape index (κ2) is 12.6. The summed E-state index contributed by atoms with van der Waals surface area (Å²) in [4.78, 5) is 36.6. The minimum Gasteiger partial charge on any atom is -0.462 e. The average Bonchev–Trinajstić information content (AvgIpc) is 2.75. The lowest BCUT2D eigenvalue weighted by Gasteiger charge is -2.11. The van der Waals surface area contributed by atoms with Gasteiger partial charge in [0, 0.05) is 21.0 Å². The summed E-state index contributed by atoms with van der Waals surface area (Å²) >= 11 is 2.77. The van der Waals surface area contributed by atoms with Crippen molar-refractivity contribution in [3.05, 3.63) is 80.9 Å². The van der Waals surface area contributed by atoms with E-state index in [0.717, 1.165) is 15.7 Å². The fourth-order valence-electron chi connectivity index (χ4n) is 2.18. The molecule has 0 aliphatic carbocycles. The Kier molecular flexibility index (Phi) is 9.80. The molecule has 0 unspecified atom stereocenters. The zero-order valence-electron chi connectivity index (χ0n) is 16.4. The zero-order valence-corrected chi connectivity index (χ0v) is 19.4. The van der Waals surface area contributed by atoms with Crippen LogP contribution in [0.5, 0.6) is 0 Å². The Bertz CT molecular complexity index is 1040. The van der Waals surface area contributed by atoms with Gasteiger partial charge in [0.05, 0.1) is 6.61 Å². The SMILES string of the molecule is CCOC(=O)/C(C#N)=C(/Nc1ccccc1)SC(=O)/C=C/C(=O)Nc1ccc(I)cc1. The third-order valence-electron chi connectivity index (χ3n) is 3.54. The Labute approximate surface area is 197 Å². The van der Waals surface area contributed by atoms with Crippen molar-refractivity contribution >= 4 is 62.7 Å². The van der Waals surface area contributed by atoms with E-state index in [1.165, 1.54) is 0 Å². The van der Waals surface area contributed by atoms with Crippen LogP contribution in [0.25, 0.3) is 0 Å². The summed E-state index contributed by atoms with van der Waals surface area (Å²) in [7, 11) is 0. The molecular formula is C22H18IN3O4S. The molecule has 0 saturated carbocycles. The van der Waals surface area contributed by atoms with E-state index in [-0.39, 0.29) is 17.2 Å². The number of nitriles is 1. The van der Waals surface area contributed by atoms with Gasteiger partial charge in [0.1, 0.15) is 11.1 Å². The molecule has 1 amide bonds. The van der Waals surface area contributed by atoms with Crippen LogP contribution in [-0.2, 0) is 19.1 Å². The molecule has 31 heavy (non-hydrogen) atoms. The highest BCUT2D eigenvalue weighted by Gasteiger charge is 2.20. The third-order valence-corrected chi connectivity index (χ3v) is 5.10. The highest BCUT2D eigenvalue weighted by atomic mass is 127. The maximum Gasteiger partial charge on any atom is 0.351 e. The molecule has 2 aromatic rings. The van der Waals surface area contributed by atoms with Crippen molar-refractivity contribution < 1.29 is 19.1 Å². The molecule has 7 nitrogen and oxygen atoms in total. The fourth-order valence-corrected chi connectivity index (χ4v) is 3.28. The number of hydrogen-bond acceptors (Lipinski definition) is 7. The van der Waals surface area contributed by atoms with Gasteiger partial charge in [-0.1, -0.05) is 18.2 Å². The van der Waals surface area contributed by atoms with Crippen molar-refractivity contribution in [2.24, 2.45) is 0 Å². The molecule has 0 aromatic heterocycles. The summed E-state index contributed by atoms with van der Waals surface area (Å²) in [5.74, 6) is -1.33. The van der Waals surface area contributed by atoms with E-state index in [1.807, 2.05) is 12.1 Å². The largest absolute Gasteiger partial charge is 0.462 e. The number of nitrogens with zero attached hydrogens (tertiary/aromatic N) is 1. The van der Waals surface area contributed by atoms with E-state index in [4.69, 9.17) is 4.74 Å². The summed E-state index contributed by atoms with van der Waals surface area (Å²) in [5.41, 5.74) is 0.839. The van der Waals surface area contributed by atoms with E-state index in [9.17, 15) is 19.6 Å². The van der Waals surface area contributed by atoms with Crippen LogP contribution in [0.2, 0.25) is 0 Å². The van der Waals surface area contributed by atoms with Crippen LogP contribution in [0, 0.1) is 14.9 Å². The van der Waals surface area contributed by atoms with Crippen LogP contribution >= 0.6 is 34.4 Å². The molecule has 158 valence electrons. The first-order valence-electron chi connectivity index (χ1n) is 9.03. The number of benzene rings is 2. The number of nitrogens with one attached hydrogen (secondary N) is 2. The van der Waals surface area contributed by atoms with Crippen LogP contribution in [0.1, 0.15) is 6.92 Å². The van der Waals surface area contributed by atoms with Gasteiger partial charge < -0.3 is 15.4 Å². The predicted octanol–water partition coefficient (Wildman–Crippen LogP) is 4.46. The van der Waals surface area contributed by atoms with Crippen LogP contribution in [-0.4, -0.2) is 23.6 Å². The third kappa shape index (κ3) is 8.27. The van der Waals surface area contributed by atoms with Crippen molar-refractivity contribution in [3.63, 3.8) is 0 Å². The maximum atomic E-state index is 12.4. The number of halogens is 1. The molecule has 9 heteroatoms. The number of amides is 1. The summed E-state index contributed by atoms with van der Waals surface area (Å²) < 4.78 is 5.93. The summed E-state index contributed by atoms with van der Waals surface area (Å²) in [6.07, 6.45) is 2.16. The number of thioether (sulfide) groups is 1. The number of carbonyl (C=O) groups is 3. The molecule has 2 aromatic carbocycles. The lowest BCUT2D eigenvalue weighted by molar-refractivity contribution is -0.138. The second-order valence-electron chi connectivity index (χ2n) is 5.78. The Balaban J connectivity index is 2.15. The fraction of sp³-hybridized carbons (Fsp3) is 0.0909. The molecule has 0 bridgehead atoms. The quantitative estimate of drug-likeness (QED) is 0.218. The molecule has 2 rings (SSSR count). The van der Waals surface area contributed by atoms with Gasteiger partial charge in [-0.2, -0.15) is 5.26 Å². The maximum absolute atomic E-state index is 12.4. The molecule has 0 heterocycles. The van der Waals surface area contributed by atoms with Gasteiger partial charge in [-0.25, -0.2) is 4.79 Å². The highest BCUT2D eigenvalue weighted by molar-refractivity contribution is 14.1. The summed E-state index contributed by atoms with van der Waals surface area (Å²) in [5, 5.41) is 14.4. The molecule has 0 saturated heterocycles. The Morgan fingerprint density at radius 1 is 1.03 bits per heavy atom. The number of para-hydroxylation sites is 1. The molecular weight excluding hydrogens is 529 g/mol. The first-order valence-corrected chi connectivity index (χ1v) is 10.9. The summed E-state index contributed by atoms with van der Waals surface area (Å²) in [6, 6.07) is 17.7. The molecule has 0 radical (unpaired) electrons. The van der Waals surface area contributed by atoms with Crippen LogP contribution < -0.4 is 10.6 Å². The smallest absolute Gasteiger partial charge is 0.351 e. The lowest BCUT2D eigenvalue weighted by Crippen LogP contribution is -2.13. The minimum absolute atomic E-state index is 0.0137. The van der Waals surface area contributed by atoms with Crippen LogP contribution in [0.4, 0.5) is 11.4 Å². The highest BCUT2D eigenvalue weighted by Crippen LogP contribution is 2.24. The van der Waals surface area contributed by atoms with Gasteiger partial charge in [0.15, 0.2) is 5.57 Å². The Hall–Kier alpha value is -3.10. The van der Waals surface area contributed by atoms with Gasteiger partial charge in [-0.15, -0.1) is 0 Å². The Morgan fingerprint density at radius 3 is 2.29 bits per heavy atom. The first-order chi connectivity index (χ1) is 14.9. The monoisotopic (exact) mass is 547 g/mol. The topological polar surface area (TPSA) is 108 Å². The number of ether oxygens (including phenoxy) is 1. The molecule has 2 N–H and O–H groups in total. The first kappa shape index (κ1) is 24.2. The van der Waals surface area contributed by atoms with Crippen molar-refractivity contribution in [2.75, 3.05) is 17.2 Å². The number of hydrogen-bond donors (Lipinski definition) is 2. The van der Waals surface area contributed by atoms with Crippen molar-refractivity contribution in [1.82, 2.24) is 0 Å². The number of anilines is 2. The molecule has 0 atom stereocenters. The van der Waals surface area contributed by atoms with E-state index < -0.39 is 17.0 Å². The van der Waals surface area contributed by atoms with E-state index >= 15 is 0 Å². The van der Waals surface area contributed by atoms with Gasteiger partial charge in [0.25, 0.3) is 0 Å². The lowest BCUT2D eigenvalue weighted by atomic mass is 10.3. The Morgan fingerprint density at radius 2 is 1.68 bits per heavy atom. The van der Waals surface area contributed by atoms with Crippen molar-refractivity contribution in [2.45, 2.75) is 6.92 Å². The normalized spacial score (nSPS) is 11.3. The van der Waals surface area contributed by atoms with Crippen molar-refractivity contribution in [3.8, 4) is 6.07 Å². The van der Waals surface area contributed by atoms with Crippen LogP contribution in [0.15, 0.2) is 77.4 Å². The molecule has 0 fully saturated rings. The van der Waals surface area contributed by atoms with Gasteiger partial charge in [-0.3, -0.25) is 9.59 Å².